The molecule has 1 fully saturated rings. The fourth-order valence-corrected chi connectivity index (χ4v) is 3.46. The Balaban J connectivity index is 2.07. The Labute approximate surface area is 132 Å². The summed E-state index contributed by atoms with van der Waals surface area (Å²) in [6.07, 6.45) is 4.62. The summed E-state index contributed by atoms with van der Waals surface area (Å²) in [4.78, 5) is 0. The van der Waals surface area contributed by atoms with Crippen LogP contribution in [0.4, 0.5) is 22.0 Å². The third-order valence-corrected chi connectivity index (χ3v) is 4.57. The van der Waals surface area contributed by atoms with Crippen molar-refractivity contribution < 1.29 is 26.7 Å². The monoisotopic (exact) mass is 336 g/mol. The van der Waals surface area contributed by atoms with Gasteiger partial charge in [0.05, 0.1) is 6.67 Å². The average Bonchev–Trinajstić information content (AvgIpc) is 2.49. The van der Waals surface area contributed by atoms with Crippen LogP contribution in [0.15, 0.2) is 36.5 Å². The van der Waals surface area contributed by atoms with Crippen LogP contribution in [0, 0.1) is 11.8 Å². The fraction of sp³-hybridized carbons (Fsp3) is 0.647. The summed E-state index contributed by atoms with van der Waals surface area (Å²) in [5.74, 6) is -0.326. The van der Waals surface area contributed by atoms with Crippen LogP contribution in [0.5, 0.6) is 0 Å². The highest BCUT2D eigenvalue weighted by Crippen LogP contribution is 2.45. The zero-order valence-corrected chi connectivity index (χ0v) is 12.7. The number of allylic oxidation sites excluding steroid dienone is 4. The van der Waals surface area contributed by atoms with Crippen molar-refractivity contribution in [2.45, 2.75) is 50.2 Å². The first-order valence-electron chi connectivity index (χ1n) is 7.87. The number of alkyl halides is 5. The molecule has 2 rings (SSSR count). The van der Waals surface area contributed by atoms with Gasteiger partial charge < -0.3 is 0 Å². The minimum absolute atomic E-state index is 0.210. The van der Waals surface area contributed by atoms with Crippen molar-refractivity contribution in [3.8, 4) is 0 Å². The lowest BCUT2D eigenvalue weighted by atomic mass is 9.70. The van der Waals surface area contributed by atoms with Gasteiger partial charge in [-0.3, -0.25) is 9.13 Å². The Bertz CT molecular complexity index is 460. The van der Waals surface area contributed by atoms with Gasteiger partial charge in [0.25, 0.3) is 0 Å². The summed E-state index contributed by atoms with van der Waals surface area (Å²) in [5.41, 5.74) is -1.97. The van der Waals surface area contributed by atoms with Crippen LogP contribution >= 0.6 is 0 Å². The SMILES string of the molecule is FCCC=CC1CCC(C2(OC(F)(F)F)C=CC=CC2F)CC1. The highest BCUT2D eigenvalue weighted by atomic mass is 19.4. The lowest BCUT2D eigenvalue weighted by Gasteiger charge is -2.43. The predicted octanol–water partition coefficient (Wildman–Crippen LogP) is 5.45. The molecule has 130 valence electrons. The van der Waals surface area contributed by atoms with Gasteiger partial charge in [-0.1, -0.05) is 24.3 Å². The summed E-state index contributed by atoms with van der Waals surface area (Å²) in [6, 6.07) is 0. The zero-order valence-electron chi connectivity index (χ0n) is 12.7. The molecule has 0 N–H and O–H groups in total. The largest absolute Gasteiger partial charge is 0.523 e. The molecule has 0 spiro atoms. The number of rotatable bonds is 5. The Morgan fingerprint density at radius 3 is 2.39 bits per heavy atom. The molecule has 0 saturated heterocycles. The van der Waals surface area contributed by atoms with Crippen molar-refractivity contribution in [3.63, 3.8) is 0 Å². The van der Waals surface area contributed by atoms with E-state index in [-0.39, 0.29) is 5.92 Å². The second-order valence-corrected chi connectivity index (χ2v) is 6.06. The molecule has 2 aliphatic rings. The Morgan fingerprint density at radius 1 is 1.13 bits per heavy atom. The van der Waals surface area contributed by atoms with Gasteiger partial charge in [-0.05, 0) is 56.1 Å². The van der Waals surface area contributed by atoms with Gasteiger partial charge in [0.2, 0.25) is 0 Å². The molecule has 0 radical (unpaired) electrons. The maximum atomic E-state index is 14.3. The first-order valence-corrected chi connectivity index (χ1v) is 7.87. The van der Waals surface area contributed by atoms with Crippen LogP contribution in [0.3, 0.4) is 0 Å². The van der Waals surface area contributed by atoms with E-state index in [1.54, 1.807) is 6.08 Å². The molecule has 2 unspecified atom stereocenters. The number of halogens is 5. The summed E-state index contributed by atoms with van der Waals surface area (Å²) in [6.45, 7) is -0.422. The molecule has 6 heteroatoms. The molecule has 1 nitrogen and oxygen atoms in total. The van der Waals surface area contributed by atoms with E-state index < -0.39 is 30.7 Å². The highest BCUT2D eigenvalue weighted by molar-refractivity contribution is 5.25. The minimum atomic E-state index is -4.89. The van der Waals surface area contributed by atoms with Crippen molar-refractivity contribution >= 4 is 0 Å². The smallest absolute Gasteiger partial charge is 0.277 e. The van der Waals surface area contributed by atoms with Gasteiger partial charge in [0.1, 0.15) is 5.60 Å². The van der Waals surface area contributed by atoms with Gasteiger partial charge in [-0.15, -0.1) is 13.2 Å². The maximum Gasteiger partial charge on any atom is 0.523 e. The van der Waals surface area contributed by atoms with Crippen molar-refractivity contribution in [2.24, 2.45) is 11.8 Å². The highest BCUT2D eigenvalue weighted by Gasteiger charge is 2.52. The maximum absolute atomic E-state index is 14.3. The number of hydrogen-bond acceptors (Lipinski definition) is 1. The molecule has 0 aromatic rings. The van der Waals surface area contributed by atoms with Crippen molar-refractivity contribution in [2.75, 3.05) is 6.67 Å². The third kappa shape index (κ3) is 4.66. The molecule has 0 bridgehead atoms. The fourth-order valence-electron chi connectivity index (χ4n) is 3.46. The van der Waals surface area contributed by atoms with Gasteiger partial charge in [-0.2, -0.15) is 0 Å². The number of ether oxygens (including phenoxy) is 1. The van der Waals surface area contributed by atoms with E-state index in [0.717, 1.165) is 6.08 Å². The lowest BCUT2D eigenvalue weighted by Crippen LogP contribution is -2.51. The average molecular weight is 336 g/mol. The second-order valence-electron chi connectivity index (χ2n) is 6.06. The Hall–Kier alpha value is -1.17. The molecule has 0 aromatic carbocycles. The molecular weight excluding hydrogens is 315 g/mol. The van der Waals surface area contributed by atoms with Gasteiger partial charge in [0.15, 0.2) is 6.17 Å². The number of hydrogen-bond donors (Lipinski definition) is 0. The van der Waals surface area contributed by atoms with Crippen molar-refractivity contribution in [1.82, 2.24) is 0 Å². The van der Waals surface area contributed by atoms with Crippen LogP contribution in [0.2, 0.25) is 0 Å². The standard InChI is InChI=1S/C17H21F5O/c18-12-4-2-5-13-7-9-14(10-8-13)16(23-17(20,21)22)11-3-1-6-15(16)19/h1-3,5-6,11,13-15H,4,7-10,12H2. The quantitative estimate of drug-likeness (QED) is 0.479. The molecule has 0 aliphatic heterocycles. The molecule has 23 heavy (non-hydrogen) atoms. The van der Waals surface area contributed by atoms with Crippen LogP contribution in [-0.4, -0.2) is 24.8 Å². The second kappa shape index (κ2) is 7.60. The van der Waals surface area contributed by atoms with Crippen molar-refractivity contribution in [3.05, 3.63) is 36.5 Å². The van der Waals surface area contributed by atoms with E-state index in [1.165, 1.54) is 18.2 Å². The normalized spacial score (nSPS) is 35.1. The molecule has 0 heterocycles. The summed E-state index contributed by atoms with van der Waals surface area (Å²) < 4.78 is 69.1. The Morgan fingerprint density at radius 2 is 1.83 bits per heavy atom. The van der Waals surface area contributed by atoms with E-state index in [4.69, 9.17) is 0 Å². The van der Waals surface area contributed by atoms with Crippen LogP contribution in [0.25, 0.3) is 0 Å². The van der Waals surface area contributed by atoms with E-state index in [1.807, 2.05) is 6.08 Å². The predicted molar refractivity (Wildman–Crippen MR) is 78.2 cm³/mol. The first-order chi connectivity index (χ1) is 10.9. The van der Waals surface area contributed by atoms with E-state index in [2.05, 4.69) is 4.74 Å². The van der Waals surface area contributed by atoms with E-state index >= 15 is 0 Å². The third-order valence-electron chi connectivity index (χ3n) is 4.57. The minimum Gasteiger partial charge on any atom is -0.277 e. The first kappa shape index (κ1) is 18.2. The molecule has 2 atom stereocenters. The Kier molecular flexibility index (Phi) is 6.00. The summed E-state index contributed by atoms with van der Waals surface area (Å²) in [7, 11) is 0. The molecule has 1 saturated carbocycles. The van der Waals surface area contributed by atoms with E-state index in [9.17, 15) is 22.0 Å². The molecular formula is C17H21F5O. The molecule has 2 aliphatic carbocycles. The van der Waals surface area contributed by atoms with Gasteiger partial charge >= 0.3 is 6.36 Å². The van der Waals surface area contributed by atoms with E-state index in [0.29, 0.717) is 32.1 Å². The van der Waals surface area contributed by atoms with Crippen LogP contribution in [-0.2, 0) is 4.74 Å². The topological polar surface area (TPSA) is 9.23 Å². The lowest BCUT2D eigenvalue weighted by molar-refractivity contribution is -0.373. The zero-order chi connectivity index (χ0) is 16.9. The van der Waals surface area contributed by atoms with Crippen LogP contribution < -0.4 is 0 Å². The molecule has 0 aromatic heterocycles. The van der Waals surface area contributed by atoms with Crippen molar-refractivity contribution in [1.29, 1.82) is 0 Å². The summed E-state index contributed by atoms with van der Waals surface area (Å²) >= 11 is 0. The van der Waals surface area contributed by atoms with Gasteiger partial charge in [-0.25, -0.2) is 4.39 Å². The summed E-state index contributed by atoms with van der Waals surface area (Å²) in [5, 5.41) is 0. The van der Waals surface area contributed by atoms with Gasteiger partial charge in [0, 0.05) is 0 Å². The van der Waals surface area contributed by atoms with Crippen LogP contribution in [0.1, 0.15) is 32.1 Å². The molecule has 0 amide bonds.